The van der Waals surface area contributed by atoms with E-state index in [4.69, 9.17) is 26.1 Å². The Bertz CT molecular complexity index is 1400. The summed E-state index contributed by atoms with van der Waals surface area (Å²) in [5.41, 5.74) is 4.52. The van der Waals surface area contributed by atoms with E-state index in [1.54, 1.807) is 37.4 Å². The van der Waals surface area contributed by atoms with Crippen LogP contribution in [0.15, 0.2) is 65.1 Å². The molecule has 1 aromatic heterocycles. The van der Waals surface area contributed by atoms with Crippen molar-refractivity contribution < 1.29 is 18.7 Å². The van der Waals surface area contributed by atoms with Crippen molar-refractivity contribution in [3.63, 3.8) is 0 Å². The first-order chi connectivity index (χ1) is 17.9. The molecule has 1 heterocycles. The van der Waals surface area contributed by atoms with Crippen molar-refractivity contribution in [2.24, 2.45) is 0 Å². The number of carbonyl (C=O) groups excluding carboxylic acids is 1. The van der Waals surface area contributed by atoms with Crippen LogP contribution in [0.5, 0.6) is 11.5 Å². The van der Waals surface area contributed by atoms with E-state index in [0.29, 0.717) is 41.0 Å². The zero-order valence-electron chi connectivity index (χ0n) is 21.5. The fourth-order valence-electron chi connectivity index (χ4n) is 3.73. The van der Waals surface area contributed by atoms with Gasteiger partial charge in [-0.05, 0) is 84.7 Å². The number of rotatable bonds is 9. The van der Waals surface area contributed by atoms with Crippen molar-refractivity contribution in [2.45, 2.75) is 39.5 Å². The summed E-state index contributed by atoms with van der Waals surface area (Å²) in [6.45, 7) is 7.05. The second-order valence-corrected chi connectivity index (χ2v) is 9.36. The highest BCUT2D eigenvalue weighted by Gasteiger charge is 2.15. The Labute approximate surface area is 222 Å². The van der Waals surface area contributed by atoms with Gasteiger partial charge in [0.15, 0.2) is 10.7 Å². The highest BCUT2D eigenvalue weighted by Crippen LogP contribution is 2.32. The Morgan fingerprint density at radius 2 is 1.86 bits per heavy atom. The van der Waals surface area contributed by atoms with Crippen molar-refractivity contribution >= 4 is 40.0 Å². The third-order valence-electron chi connectivity index (χ3n) is 5.88. The molecule has 37 heavy (non-hydrogen) atoms. The zero-order chi connectivity index (χ0) is 26.4. The second kappa shape index (κ2) is 11.9. The Kier molecular flexibility index (Phi) is 8.40. The van der Waals surface area contributed by atoms with Crippen molar-refractivity contribution in [1.82, 2.24) is 10.3 Å². The minimum absolute atomic E-state index is 0.142. The van der Waals surface area contributed by atoms with Gasteiger partial charge in [0.25, 0.3) is 5.91 Å². The van der Waals surface area contributed by atoms with Gasteiger partial charge in [-0.15, -0.1) is 0 Å². The molecular weight excluding hydrogens is 486 g/mol. The second-order valence-electron chi connectivity index (χ2n) is 8.95. The first-order valence-corrected chi connectivity index (χ1v) is 12.7. The maximum atomic E-state index is 12.7. The lowest BCUT2D eigenvalue weighted by Gasteiger charge is -2.14. The molecule has 0 unspecified atom stereocenters. The van der Waals surface area contributed by atoms with Crippen LogP contribution in [0.2, 0.25) is 0 Å². The predicted molar refractivity (Wildman–Crippen MR) is 151 cm³/mol. The van der Waals surface area contributed by atoms with E-state index in [1.165, 1.54) is 5.56 Å². The summed E-state index contributed by atoms with van der Waals surface area (Å²) >= 11 is 5.40. The number of benzene rings is 3. The van der Waals surface area contributed by atoms with Crippen LogP contribution in [0.25, 0.3) is 22.6 Å². The molecule has 8 heteroatoms. The van der Waals surface area contributed by atoms with Gasteiger partial charge in [-0.2, -0.15) is 0 Å². The Hall–Kier alpha value is -3.91. The molecule has 0 atom stereocenters. The molecule has 0 aliphatic carbocycles. The number of amides is 1. The van der Waals surface area contributed by atoms with Gasteiger partial charge in [-0.25, -0.2) is 4.98 Å². The smallest absolute Gasteiger partial charge is 0.257 e. The molecule has 0 bridgehead atoms. The summed E-state index contributed by atoms with van der Waals surface area (Å²) in [7, 11) is 1.57. The van der Waals surface area contributed by atoms with Gasteiger partial charge in [0.2, 0.25) is 5.89 Å². The summed E-state index contributed by atoms with van der Waals surface area (Å²) in [5.74, 6) is 1.85. The highest BCUT2D eigenvalue weighted by atomic mass is 32.1. The first-order valence-electron chi connectivity index (χ1n) is 12.3. The molecule has 4 rings (SSSR count). The van der Waals surface area contributed by atoms with Crippen LogP contribution in [0.1, 0.15) is 55.5 Å². The summed E-state index contributed by atoms with van der Waals surface area (Å²) in [6.07, 6.45) is 2.05. The lowest BCUT2D eigenvalue weighted by molar-refractivity contribution is 0.0977. The standard InChI is InChI=1S/C29H31N3O4S/c1-5-6-15-35-22-11-7-19(8-12-22)27(33)32-29(37)31-23-17-21(10-13-25(23)34-4)28-30-24-16-20(18(2)3)9-14-26(24)36-28/h7-14,16-18H,5-6,15H2,1-4H3,(H2,31,32,33,37). The number of nitrogens with one attached hydrogen (secondary N) is 2. The number of unbranched alkanes of at least 4 members (excludes halogenated alkanes) is 1. The molecule has 0 saturated carbocycles. The maximum Gasteiger partial charge on any atom is 0.257 e. The average molecular weight is 518 g/mol. The van der Waals surface area contributed by atoms with Crippen LogP contribution in [-0.4, -0.2) is 29.7 Å². The van der Waals surface area contributed by atoms with Crippen LogP contribution in [0.4, 0.5) is 5.69 Å². The number of methoxy groups -OCH3 is 1. The molecule has 2 N–H and O–H groups in total. The summed E-state index contributed by atoms with van der Waals surface area (Å²) < 4.78 is 17.1. The summed E-state index contributed by atoms with van der Waals surface area (Å²) in [5, 5.41) is 5.91. The molecule has 0 fully saturated rings. The number of fused-ring (bicyclic) bond motifs is 1. The molecule has 1 amide bonds. The van der Waals surface area contributed by atoms with Gasteiger partial charge in [0, 0.05) is 11.1 Å². The third kappa shape index (κ3) is 6.46. The topological polar surface area (TPSA) is 85.6 Å². The van der Waals surface area contributed by atoms with E-state index in [-0.39, 0.29) is 11.0 Å². The van der Waals surface area contributed by atoms with E-state index in [2.05, 4.69) is 42.5 Å². The predicted octanol–water partition coefficient (Wildman–Crippen LogP) is 6.93. The molecule has 4 aromatic rings. The number of ether oxygens (including phenoxy) is 2. The van der Waals surface area contributed by atoms with Crippen LogP contribution < -0.4 is 20.1 Å². The minimum Gasteiger partial charge on any atom is -0.495 e. The summed E-state index contributed by atoms with van der Waals surface area (Å²) in [6, 6.07) is 18.5. The highest BCUT2D eigenvalue weighted by molar-refractivity contribution is 7.80. The van der Waals surface area contributed by atoms with Crippen LogP contribution >= 0.6 is 12.2 Å². The van der Waals surface area contributed by atoms with Gasteiger partial charge < -0.3 is 19.2 Å². The third-order valence-corrected chi connectivity index (χ3v) is 6.09. The van der Waals surface area contributed by atoms with E-state index in [9.17, 15) is 4.79 Å². The number of hydrogen-bond acceptors (Lipinski definition) is 6. The lowest BCUT2D eigenvalue weighted by atomic mass is 10.0. The van der Waals surface area contributed by atoms with E-state index in [1.807, 2.05) is 24.3 Å². The molecule has 0 saturated heterocycles. The number of nitrogens with zero attached hydrogens (tertiary/aromatic N) is 1. The molecule has 0 aliphatic heterocycles. The number of aromatic nitrogens is 1. The van der Waals surface area contributed by atoms with Crippen LogP contribution in [-0.2, 0) is 0 Å². The molecular formula is C29H31N3O4S. The monoisotopic (exact) mass is 517 g/mol. The lowest BCUT2D eigenvalue weighted by Crippen LogP contribution is -2.34. The SMILES string of the molecule is CCCCOc1ccc(C(=O)NC(=S)Nc2cc(-c3nc4cc(C(C)C)ccc4o3)ccc2OC)cc1. The number of anilines is 1. The van der Waals surface area contributed by atoms with Gasteiger partial charge in [-0.3, -0.25) is 10.1 Å². The van der Waals surface area contributed by atoms with E-state index < -0.39 is 0 Å². The van der Waals surface area contributed by atoms with Gasteiger partial charge in [0.05, 0.1) is 19.4 Å². The van der Waals surface area contributed by atoms with Crippen LogP contribution in [0.3, 0.4) is 0 Å². The Morgan fingerprint density at radius 1 is 1.08 bits per heavy atom. The number of thiocarbonyl (C=S) groups is 1. The molecule has 192 valence electrons. The normalized spacial score (nSPS) is 10.9. The van der Waals surface area contributed by atoms with Crippen molar-refractivity contribution in [2.75, 3.05) is 19.0 Å². The fraction of sp³-hybridized carbons (Fsp3) is 0.276. The van der Waals surface area contributed by atoms with Gasteiger partial charge in [-0.1, -0.05) is 33.3 Å². The van der Waals surface area contributed by atoms with Gasteiger partial charge in [0.1, 0.15) is 17.0 Å². The quantitative estimate of drug-likeness (QED) is 0.184. The molecule has 0 spiro atoms. The largest absolute Gasteiger partial charge is 0.495 e. The fourth-order valence-corrected chi connectivity index (χ4v) is 3.93. The van der Waals surface area contributed by atoms with E-state index in [0.717, 1.165) is 29.7 Å². The number of carbonyl (C=O) groups is 1. The molecule has 7 nitrogen and oxygen atoms in total. The first kappa shape index (κ1) is 26.2. The maximum absolute atomic E-state index is 12.7. The van der Waals surface area contributed by atoms with Crippen molar-refractivity contribution in [1.29, 1.82) is 0 Å². The number of hydrogen-bond donors (Lipinski definition) is 2. The minimum atomic E-state index is -0.326. The molecule has 0 aliphatic rings. The molecule has 3 aromatic carbocycles. The summed E-state index contributed by atoms with van der Waals surface area (Å²) in [4.78, 5) is 17.4. The van der Waals surface area contributed by atoms with E-state index >= 15 is 0 Å². The zero-order valence-corrected chi connectivity index (χ0v) is 22.3. The van der Waals surface area contributed by atoms with Gasteiger partial charge >= 0.3 is 0 Å². The number of oxazole rings is 1. The Balaban J connectivity index is 1.47. The Morgan fingerprint density at radius 3 is 2.57 bits per heavy atom. The van der Waals surface area contributed by atoms with Crippen molar-refractivity contribution in [3.05, 3.63) is 71.8 Å². The van der Waals surface area contributed by atoms with Crippen molar-refractivity contribution in [3.8, 4) is 23.0 Å². The average Bonchev–Trinajstić information content (AvgIpc) is 3.32. The van der Waals surface area contributed by atoms with Crippen LogP contribution in [0, 0.1) is 0 Å². The molecule has 0 radical (unpaired) electrons.